The van der Waals surface area contributed by atoms with Crippen LogP contribution in [-0.4, -0.2) is 22.4 Å². The predicted molar refractivity (Wildman–Crippen MR) is 23.5 cm³/mol. The van der Waals surface area contributed by atoms with Gasteiger partial charge in [-0.1, -0.05) is 0 Å². The Morgan fingerprint density at radius 2 is 0.778 bits per heavy atom. The fourth-order valence-corrected chi connectivity index (χ4v) is 0. The van der Waals surface area contributed by atoms with Crippen LogP contribution in [0.1, 0.15) is 1.43 Å². The fourth-order valence-electron chi connectivity index (χ4n) is 0. The van der Waals surface area contributed by atoms with Crippen LogP contribution < -0.4 is 51.4 Å². The first-order valence-corrected chi connectivity index (χ1v) is 0.775. The van der Waals surface area contributed by atoms with Gasteiger partial charge in [-0.3, -0.25) is 18.8 Å². The van der Waals surface area contributed by atoms with E-state index in [2.05, 4.69) is 0 Å². The third-order valence-corrected chi connectivity index (χ3v) is 0. The molecule has 0 fully saturated rings. The van der Waals surface area contributed by atoms with Gasteiger partial charge in [-0.2, -0.15) is 0 Å². The Kier molecular flexibility index (Phi) is 185. The second-order valence-electron chi connectivity index (χ2n) is 0.346. The molecule has 0 unspecified atom stereocenters. The molecule has 0 saturated heterocycles. The monoisotopic (exact) mass is 182 g/mol. The number of rotatable bonds is 0. The molecule has 0 aliphatic rings. The van der Waals surface area contributed by atoms with Crippen LogP contribution in [0, 0.1) is 0 Å². The molecule has 0 rings (SSSR count). The Bertz CT molecular complexity index is 25.2. The summed E-state index contributed by atoms with van der Waals surface area (Å²) in [6, 6.07) is 0. The van der Waals surface area contributed by atoms with E-state index in [1.165, 1.54) is 0 Å². The predicted octanol–water partition coefficient (Wildman–Crippen LogP) is -4.33. The molecule has 3 N–H and O–H groups in total. The quantitative estimate of drug-likeness (QED) is 0.262. The molecule has 0 atom stereocenters. The summed E-state index contributed by atoms with van der Waals surface area (Å²) in [7, 11) is -2.17. The van der Waals surface area contributed by atoms with Gasteiger partial charge >= 0.3 is 58.7 Å². The Balaban J connectivity index is -0.00000000300. The minimum absolute atomic E-state index is 0. The van der Waals surface area contributed by atoms with Crippen molar-refractivity contribution in [2.75, 3.05) is 0 Å². The van der Waals surface area contributed by atoms with Gasteiger partial charge in [0.05, 0.1) is 0 Å². The van der Waals surface area contributed by atoms with Crippen molar-refractivity contribution in [3.8, 4) is 0 Å². The van der Waals surface area contributed by atoms with E-state index in [0.717, 1.165) is 0 Å². The largest absolute Gasteiger partial charge is 1.00 e. The molecule has 0 amide bonds. The SMILES string of the molecule is F.F.F.F.OB(O)O.[H-].[K+]. The first kappa shape index (κ1) is 48.2. The normalized spacial score (nSPS) is 3.00. The van der Waals surface area contributed by atoms with Crippen molar-refractivity contribution >= 4 is 7.32 Å². The van der Waals surface area contributed by atoms with E-state index >= 15 is 0 Å². The summed E-state index contributed by atoms with van der Waals surface area (Å²) in [6.45, 7) is 0. The molecule has 0 saturated carbocycles. The van der Waals surface area contributed by atoms with Crippen LogP contribution in [0.4, 0.5) is 18.8 Å². The fraction of sp³-hybridized carbons (Fsp3) is 0. The average Bonchev–Trinajstić information content (AvgIpc) is 0.811. The van der Waals surface area contributed by atoms with Crippen LogP contribution in [0.15, 0.2) is 0 Å². The van der Waals surface area contributed by atoms with Crippen LogP contribution in [0.2, 0.25) is 0 Å². The van der Waals surface area contributed by atoms with Crippen LogP contribution in [0.3, 0.4) is 0 Å². The van der Waals surface area contributed by atoms with E-state index in [4.69, 9.17) is 15.1 Å². The van der Waals surface area contributed by atoms with E-state index in [0.29, 0.717) is 0 Å². The molecule has 58 valence electrons. The molecule has 0 aromatic heterocycles. The Morgan fingerprint density at radius 1 is 0.778 bits per heavy atom. The second kappa shape index (κ2) is 34.6. The first-order valence-electron chi connectivity index (χ1n) is 0.775. The summed E-state index contributed by atoms with van der Waals surface area (Å²) in [5.41, 5.74) is 0. The van der Waals surface area contributed by atoms with Crippen molar-refractivity contribution in [1.29, 1.82) is 0 Å². The van der Waals surface area contributed by atoms with E-state index in [1.807, 2.05) is 0 Å². The third-order valence-electron chi connectivity index (χ3n) is 0. The van der Waals surface area contributed by atoms with Gasteiger partial charge in [-0.25, -0.2) is 0 Å². The van der Waals surface area contributed by atoms with Crippen molar-refractivity contribution in [3.63, 3.8) is 0 Å². The summed E-state index contributed by atoms with van der Waals surface area (Å²) in [4.78, 5) is 0. The molecule has 0 spiro atoms. The van der Waals surface area contributed by atoms with Gasteiger partial charge in [0.1, 0.15) is 0 Å². The maximum absolute atomic E-state index is 7.17. The van der Waals surface area contributed by atoms with Crippen molar-refractivity contribution in [3.05, 3.63) is 0 Å². The van der Waals surface area contributed by atoms with Gasteiger partial charge in [0.25, 0.3) is 0 Å². The maximum Gasteiger partial charge on any atom is 1.00 e. The summed E-state index contributed by atoms with van der Waals surface area (Å²) in [6.07, 6.45) is 0. The minimum Gasteiger partial charge on any atom is -1.00 e. The molecule has 0 radical (unpaired) electrons. The number of hydrogen-bond donors (Lipinski definition) is 3. The Hall–Kier alpha value is 1.30. The zero-order valence-corrected chi connectivity index (χ0v) is 7.68. The van der Waals surface area contributed by atoms with Gasteiger partial charge in [-0.15, -0.1) is 0 Å². The number of halogens is 4. The standard InChI is InChI=1S/BH3O3.4FH.K.H/c2-1(3)4;;;;;;/h2-4H;4*1H;;/q;;;;;+1;-1. The van der Waals surface area contributed by atoms with Crippen LogP contribution >= 0.6 is 0 Å². The molecule has 0 heterocycles. The van der Waals surface area contributed by atoms with Crippen LogP contribution in [0.5, 0.6) is 0 Å². The zero-order valence-electron chi connectivity index (χ0n) is 5.55. The summed E-state index contributed by atoms with van der Waals surface area (Å²) in [5.74, 6) is 0. The number of hydrogen-bond acceptors (Lipinski definition) is 3. The Labute approximate surface area is 93.0 Å². The molecule has 9 heavy (non-hydrogen) atoms. The van der Waals surface area contributed by atoms with E-state index in [1.54, 1.807) is 0 Å². The first-order chi connectivity index (χ1) is 1.73. The van der Waals surface area contributed by atoms with Crippen LogP contribution in [-0.2, 0) is 0 Å². The molecule has 0 bridgehead atoms. The second-order valence-corrected chi connectivity index (χ2v) is 0.346. The molecular weight excluding hydrogens is 174 g/mol. The molecule has 0 aliphatic heterocycles. The van der Waals surface area contributed by atoms with Gasteiger partial charge < -0.3 is 16.5 Å². The minimum atomic E-state index is -2.17. The average molecular weight is 182 g/mol. The van der Waals surface area contributed by atoms with Gasteiger partial charge in [-0.05, 0) is 0 Å². The molecule has 0 aromatic carbocycles. The van der Waals surface area contributed by atoms with Crippen molar-refractivity contribution in [1.82, 2.24) is 0 Å². The zero-order chi connectivity index (χ0) is 3.58. The maximum atomic E-state index is 7.17. The van der Waals surface area contributed by atoms with Crippen LogP contribution in [0.25, 0.3) is 0 Å². The van der Waals surface area contributed by atoms with Crippen molar-refractivity contribution in [2.45, 2.75) is 0 Å². The van der Waals surface area contributed by atoms with E-state index in [-0.39, 0.29) is 71.6 Å². The summed E-state index contributed by atoms with van der Waals surface area (Å²) < 4.78 is 0. The van der Waals surface area contributed by atoms with Gasteiger partial charge in [0.2, 0.25) is 0 Å². The molecular formula is H8BF4KO3. The summed E-state index contributed by atoms with van der Waals surface area (Å²) in [5, 5.41) is 21.5. The Morgan fingerprint density at radius 3 is 0.778 bits per heavy atom. The van der Waals surface area contributed by atoms with E-state index < -0.39 is 7.32 Å². The van der Waals surface area contributed by atoms with Crippen molar-refractivity contribution < 1.29 is 86.7 Å². The van der Waals surface area contributed by atoms with Gasteiger partial charge in [0, 0.05) is 0 Å². The van der Waals surface area contributed by atoms with E-state index in [9.17, 15) is 0 Å². The van der Waals surface area contributed by atoms with Crippen molar-refractivity contribution in [2.24, 2.45) is 0 Å². The summed E-state index contributed by atoms with van der Waals surface area (Å²) >= 11 is 0. The topological polar surface area (TPSA) is 60.7 Å². The third kappa shape index (κ3) is 293. The smallest absolute Gasteiger partial charge is 1.00 e. The molecule has 9 heteroatoms. The molecule has 0 aromatic rings. The molecule has 3 nitrogen and oxygen atoms in total. The molecule has 0 aliphatic carbocycles. The van der Waals surface area contributed by atoms with Gasteiger partial charge in [0.15, 0.2) is 0 Å².